The summed E-state index contributed by atoms with van der Waals surface area (Å²) in [5.41, 5.74) is 2.39. The molecule has 0 atom stereocenters. The summed E-state index contributed by atoms with van der Waals surface area (Å²) in [5.74, 6) is 1.26. The summed E-state index contributed by atoms with van der Waals surface area (Å²) in [6.07, 6.45) is 0. The normalized spacial score (nSPS) is 12.1. The van der Waals surface area contributed by atoms with Crippen LogP contribution in [-0.2, 0) is 0 Å². The largest absolute Gasteiger partial charge is 0.266 e. The van der Waals surface area contributed by atoms with E-state index in [0.29, 0.717) is 17.9 Å². The first kappa shape index (κ1) is 11.3. The van der Waals surface area contributed by atoms with Crippen LogP contribution in [0.3, 0.4) is 0 Å². The van der Waals surface area contributed by atoms with E-state index in [2.05, 4.69) is 57.4 Å². The second kappa shape index (κ2) is 4.16. The van der Waals surface area contributed by atoms with Crippen molar-refractivity contribution in [1.82, 2.24) is 9.78 Å². The average molecular weight is 194 g/mol. The number of aryl methyl sites for hydroxylation is 2. The van der Waals surface area contributed by atoms with Crippen LogP contribution in [0.15, 0.2) is 6.07 Å². The van der Waals surface area contributed by atoms with Crippen molar-refractivity contribution >= 4 is 0 Å². The van der Waals surface area contributed by atoms with Crippen molar-refractivity contribution in [1.29, 1.82) is 0 Å². The van der Waals surface area contributed by atoms with Crippen molar-refractivity contribution in [2.24, 2.45) is 11.8 Å². The highest BCUT2D eigenvalue weighted by Crippen LogP contribution is 2.27. The second-order valence-corrected chi connectivity index (χ2v) is 4.85. The van der Waals surface area contributed by atoms with Gasteiger partial charge in [0.1, 0.15) is 0 Å². The third-order valence-electron chi connectivity index (χ3n) is 2.69. The number of hydrogen-bond donors (Lipinski definition) is 0. The van der Waals surface area contributed by atoms with Gasteiger partial charge in [0.25, 0.3) is 0 Å². The number of rotatable bonds is 3. The quantitative estimate of drug-likeness (QED) is 0.721. The Balaban J connectivity index is 3.05. The summed E-state index contributed by atoms with van der Waals surface area (Å²) in [6.45, 7) is 13.3. The van der Waals surface area contributed by atoms with Crippen molar-refractivity contribution in [2.45, 2.75) is 47.6 Å². The minimum Gasteiger partial charge on any atom is -0.266 e. The zero-order valence-electron chi connectivity index (χ0n) is 10.2. The topological polar surface area (TPSA) is 17.8 Å². The van der Waals surface area contributed by atoms with Gasteiger partial charge in [0.15, 0.2) is 0 Å². The van der Waals surface area contributed by atoms with Gasteiger partial charge < -0.3 is 0 Å². The molecule has 0 unspecified atom stereocenters. The summed E-state index contributed by atoms with van der Waals surface area (Å²) in [7, 11) is 0. The Hall–Kier alpha value is -0.790. The third kappa shape index (κ3) is 2.17. The van der Waals surface area contributed by atoms with E-state index in [1.807, 2.05) is 0 Å². The standard InChI is InChI=1S/C12H22N2/c1-8(2)12(9(3)4)14-11(6)7-10(5)13-14/h7-9,12H,1-6H3. The van der Waals surface area contributed by atoms with E-state index in [1.165, 1.54) is 5.69 Å². The molecule has 2 heteroatoms. The van der Waals surface area contributed by atoms with E-state index in [4.69, 9.17) is 0 Å². The van der Waals surface area contributed by atoms with Gasteiger partial charge >= 0.3 is 0 Å². The Morgan fingerprint density at radius 2 is 1.57 bits per heavy atom. The third-order valence-corrected chi connectivity index (χ3v) is 2.69. The maximum absolute atomic E-state index is 4.57. The lowest BCUT2D eigenvalue weighted by Crippen LogP contribution is -2.23. The van der Waals surface area contributed by atoms with Crippen molar-refractivity contribution in [3.63, 3.8) is 0 Å². The summed E-state index contributed by atoms with van der Waals surface area (Å²) in [4.78, 5) is 0. The summed E-state index contributed by atoms with van der Waals surface area (Å²) in [6, 6.07) is 2.67. The molecule has 1 rings (SSSR count). The zero-order chi connectivity index (χ0) is 10.9. The monoisotopic (exact) mass is 194 g/mol. The molecule has 0 aliphatic carbocycles. The Kier molecular flexibility index (Phi) is 3.35. The minimum absolute atomic E-state index is 0.517. The smallest absolute Gasteiger partial charge is 0.0596 e. The van der Waals surface area contributed by atoms with Crippen LogP contribution in [0, 0.1) is 25.7 Å². The van der Waals surface area contributed by atoms with Crippen LogP contribution in [-0.4, -0.2) is 9.78 Å². The molecule has 0 aromatic carbocycles. The fourth-order valence-corrected chi connectivity index (χ4v) is 2.28. The lowest BCUT2D eigenvalue weighted by atomic mass is 9.93. The van der Waals surface area contributed by atoms with Crippen molar-refractivity contribution in [2.75, 3.05) is 0 Å². The van der Waals surface area contributed by atoms with E-state index >= 15 is 0 Å². The summed E-state index contributed by atoms with van der Waals surface area (Å²) in [5, 5.41) is 4.57. The van der Waals surface area contributed by atoms with Gasteiger partial charge in [0.05, 0.1) is 11.7 Å². The molecule has 1 aromatic heterocycles. The molecular weight excluding hydrogens is 172 g/mol. The molecule has 0 fully saturated rings. The maximum Gasteiger partial charge on any atom is 0.0596 e. The minimum atomic E-state index is 0.517. The molecule has 0 spiro atoms. The molecule has 1 heterocycles. The van der Waals surface area contributed by atoms with E-state index in [1.54, 1.807) is 0 Å². The fourth-order valence-electron chi connectivity index (χ4n) is 2.28. The van der Waals surface area contributed by atoms with Crippen LogP contribution >= 0.6 is 0 Å². The Morgan fingerprint density at radius 3 is 1.86 bits per heavy atom. The summed E-state index contributed by atoms with van der Waals surface area (Å²) >= 11 is 0. The molecule has 0 saturated carbocycles. The Bertz CT molecular complexity index is 289. The number of hydrogen-bond acceptors (Lipinski definition) is 1. The molecule has 14 heavy (non-hydrogen) atoms. The van der Waals surface area contributed by atoms with Crippen molar-refractivity contribution in [3.8, 4) is 0 Å². The molecule has 0 N–H and O–H groups in total. The van der Waals surface area contributed by atoms with Crippen LogP contribution < -0.4 is 0 Å². The molecule has 2 nitrogen and oxygen atoms in total. The molecule has 0 aliphatic rings. The van der Waals surface area contributed by atoms with Gasteiger partial charge in [-0.15, -0.1) is 0 Å². The van der Waals surface area contributed by atoms with E-state index in [-0.39, 0.29) is 0 Å². The second-order valence-electron chi connectivity index (χ2n) is 4.85. The first-order chi connectivity index (χ1) is 6.43. The Labute approximate surface area is 87.3 Å². The van der Waals surface area contributed by atoms with E-state index < -0.39 is 0 Å². The number of nitrogens with zero attached hydrogens (tertiary/aromatic N) is 2. The molecular formula is C12H22N2. The molecule has 1 aromatic rings. The molecule has 0 radical (unpaired) electrons. The molecule has 0 bridgehead atoms. The molecule has 0 amide bonds. The zero-order valence-corrected chi connectivity index (χ0v) is 10.2. The number of aromatic nitrogens is 2. The van der Waals surface area contributed by atoms with Gasteiger partial charge in [-0.1, -0.05) is 27.7 Å². The van der Waals surface area contributed by atoms with Gasteiger partial charge in [-0.05, 0) is 31.7 Å². The lowest BCUT2D eigenvalue weighted by molar-refractivity contribution is 0.260. The molecule has 80 valence electrons. The van der Waals surface area contributed by atoms with Gasteiger partial charge in [-0.2, -0.15) is 5.10 Å². The first-order valence-corrected chi connectivity index (χ1v) is 5.46. The van der Waals surface area contributed by atoms with Gasteiger partial charge in [-0.3, -0.25) is 4.68 Å². The highest BCUT2D eigenvalue weighted by Gasteiger charge is 2.21. The van der Waals surface area contributed by atoms with Crippen LogP contribution in [0.2, 0.25) is 0 Å². The fraction of sp³-hybridized carbons (Fsp3) is 0.750. The van der Waals surface area contributed by atoms with Crippen molar-refractivity contribution < 1.29 is 0 Å². The highest BCUT2D eigenvalue weighted by atomic mass is 15.3. The van der Waals surface area contributed by atoms with E-state index in [9.17, 15) is 0 Å². The predicted molar refractivity (Wildman–Crippen MR) is 60.4 cm³/mol. The molecule has 0 saturated heterocycles. The van der Waals surface area contributed by atoms with Crippen molar-refractivity contribution in [3.05, 3.63) is 17.5 Å². The van der Waals surface area contributed by atoms with Crippen LogP contribution in [0.25, 0.3) is 0 Å². The summed E-state index contributed by atoms with van der Waals surface area (Å²) < 4.78 is 2.19. The average Bonchev–Trinajstić information content (AvgIpc) is 2.29. The first-order valence-electron chi connectivity index (χ1n) is 5.46. The van der Waals surface area contributed by atoms with Crippen LogP contribution in [0.1, 0.15) is 45.1 Å². The highest BCUT2D eigenvalue weighted by molar-refractivity contribution is 5.08. The van der Waals surface area contributed by atoms with Crippen LogP contribution in [0.4, 0.5) is 0 Å². The maximum atomic E-state index is 4.57. The SMILES string of the molecule is Cc1cc(C)n(C(C(C)C)C(C)C)n1. The van der Waals surface area contributed by atoms with Gasteiger partial charge in [0, 0.05) is 5.69 Å². The lowest BCUT2D eigenvalue weighted by Gasteiger charge is -2.26. The Morgan fingerprint density at radius 1 is 1.07 bits per heavy atom. The molecule has 0 aliphatic heterocycles. The van der Waals surface area contributed by atoms with Crippen LogP contribution in [0.5, 0.6) is 0 Å². The van der Waals surface area contributed by atoms with Gasteiger partial charge in [-0.25, -0.2) is 0 Å². The van der Waals surface area contributed by atoms with E-state index in [0.717, 1.165) is 5.69 Å². The van der Waals surface area contributed by atoms with Gasteiger partial charge in [0.2, 0.25) is 0 Å². The predicted octanol–water partition coefficient (Wildman–Crippen LogP) is 3.35.